The lowest BCUT2D eigenvalue weighted by atomic mass is 9.65. The van der Waals surface area contributed by atoms with Crippen LogP contribution in [0.15, 0.2) is 18.2 Å². The topological polar surface area (TPSA) is 40.9 Å². The summed E-state index contributed by atoms with van der Waals surface area (Å²) < 4.78 is 14.1. The molecule has 1 aromatic carbocycles. The number of rotatable bonds is 3. The predicted octanol–water partition coefficient (Wildman–Crippen LogP) is 4.87. The fourth-order valence-corrected chi connectivity index (χ4v) is 3.43. The zero-order chi connectivity index (χ0) is 15.6. The summed E-state index contributed by atoms with van der Waals surface area (Å²) in [6.45, 7) is 4.11. The highest BCUT2D eigenvalue weighted by atomic mass is 35.5. The zero-order valence-corrected chi connectivity index (χ0v) is 13.1. The van der Waals surface area contributed by atoms with Crippen LogP contribution in [0.3, 0.4) is 0 Å². The van der Waals surface area contributed by atoms with Gasteiger partial charge in [-0.3, -0.25) is 4.79 Å². The summed E-state index contributed by atoms with van der Waals surface area (Å²) >= 11 is 5.77. The van der Waals surface area contributed by atoms with Crippen LogP contribution >= 0.6 is 11.6 Å². The summed E-state index contributed by atoms with van der Waals surface area (Å²) in [5, 5.41) is 9.33. The van der Waals surface area contributed by atoms with Gasteiger partial charge < -0.3 is 0 Å². The predicted molar refractivity (Wildman–Crippen MR) is 80.5 cm³/mol. The van der Waals surface area contributed by atoms with Crippen LogP contribution in [0.2, 0.25) is 5.02 Å². The van der Waals surface area contributed by atoms with Gasteiger partial charge in [-0.1, -0.05) is 50.4 Å². The molecule has 21 heavy (non-hydrogen) atoms. The second kappa shape index (κ2) is 6.15. The van der Waals surface area contributed by atoms with E-state index in [4.69, 9.17) is 11.6 Å². The molecule has 4 heteroatoms. The largest absolute Gasteiger partial charge is 0.298 e. The van der Waals surface area contributed by atoms with Crippen LogP contribution in [0.4, 0.5) is 4.39 Å². The van der Waals surface area contributed by atoms with Crippen molar-refractivity contribution in [1.29, 1.82) is 5.26 Å². The average Bonchev–Trinajstić information content (AvgIpc) is 2.43. The molecule has 0 aromatic heterocycles. The molecule has 1 aliphatic carbocycles. The van der Waals surface area contributed by atoms with Crippen molar-refractivity contribution in [2.45, 2.75) is 45.4 Å². The number of benzene rings is 1. The number of Topliss-reactive ketones (excluding diaryl/α,β-unsaturated/α-hetero) is 1. The van der Waals surface area contributed by atoms with Gasteiger partial charge in [-0.25, -0.2) is 4.39 Å². The van der Waals surface area contributed by atoms with Crippen LogP contribution in [-0.2, 0) is 4.79 Å². The van der Waals surface area contributed by atoms with Crippen LogP contribution in [0, 0.1) is 28.5 Å². The molecule has 2 atom stereocenters. The van der Waals surface area contributed by atoms with Crippen LogP contribution < -0.4 is 0 Å². The summed E-state index contributed by atoms with van der Waals surface area (Å²) in [7, 11) is 0. The summed E-state index contributed by atoms with van der Waals surface area (Å²) in [6.07, 6.45) is 3.81. The van der Waals surface area contributed by atoms with E-state index in [1.54, 1.807) is 6.07 Å². The van der Waals surface area contributed by atoms with Gasteiger partial charge in [0, 0.05) is 11.5 Å². The Bertz CT molecular complexity index is 591. The minimum absolute atomic E-state index is 0.0524. The maximum absolute atomic E-state index is 14.1. The molecule has 1 aromatic rings. The number of hydrogen-bond acceptors (Lipinski definition) is 2. The molecule has 0 bridgehead atoms. The van der Waals surface area contributed by atoms with Crippen molar-refractivity contribution in [3.8, 4) is 6.07 Å². The molecular formula is C17H19ClFNO. The summed E-state index contributed by atoms with van der Waals surface area (Å²) in [5.74, 6) is -2.11. The van der Waals surface area contributed by atoms with E-state index in [1.807, 2.05) is 6.07 Å². The first-order valence-corrected chi connectivity index (χ1v) is 7.63. The van der Waals surface area contributed by atoms with Crippen molar-refractivity contribution in [3.63, 3.8) is 0 Å². The summed E-state index contributed by atoms with van der Waals surface area (Å²) in [4.78, 5) is 12.8. The highest BCUT2D eigenvalue weighted by Gasteiger charge is 2.41. The number of nitrogens with zero attached hydrogens (tertiary/aromatic N) is 1. The fraction of sp³-hybridized carbons (Fsp3) is 0.529. The minimum atomic E-state index is -1.08. The SMILES string of the molecule is CC1(C)CCCCC1C(=O)C(C#N)c1cccc(Cl)c1F. The molecule has 0 spiro atoms. The molecule has 1 aliphatic rings. The second-order valence-electron chi connectivity index (χ2n) is 6.39. The monoisotopic (exact) mass is 307 g/mol. The molecule has 1 fully saturated rings. The van der Waals surface area contributed by atoms with Gasteiger partial charge in [0.2, 0.25) is 0 Å². The highest BCUT2D eigenvalue weighted by molar-refractivity contribution is 6.30. The number of carbonyl (C=O) groups is 1. The molecule has 0 radical (unpaired) electrons. The third-order valence-electron chi connectivity index (χ3n) is 4.56. The Balaban J connectivity index is 2.35. The maximum atomic E-state index is 14.1. The molecule has 2 nitrogen and oxygen atoms in total. The van der Waals surface area contributed by atoms with E-state index in [0.29, 0.717) is 0 Å². The van der Waals surface area contributed by atoms with Crippen molar-refractivity contribution in [1.82, 2.24) is 0 Å². The summed E-state index contributed by atoms with van der Waals surface area (Å²) in [5.41, 5.74) is -0.0455. The quantitative estimate of drug-likeness (QED) is 0.799. The molecule has 2 unspecified atom stereocenters. The molecule has 0 amide bonds. The second-order valence-corrected chi connectivity index (χ2v) is 6.80. The van der Waals surface area contributed by atoms with E-state index in [9.17, 15) is 14.4 Å². The molecular weight excluding hydrogens is 289 g/mol. The van der Waals surface area contributed by atoms with Gasteiger partial charge in [-0.05, 0) is 24.3 Å². The van der Waals surface area contributed by atoms with Crippen molar-refractivity contribution < 1.29 is 9.18 Å². The van der Waals surface area contributed by atoms with Gasteiger partial charge in [0.1, 0.15) is 11.7 Å². The maximum Gasteiger partial charge on any atom is 0.158 e. The zero-order valence-electron chi connectivity index (χ0n) is 12.3. The number of halogens is 2. The highest BCUT2D eigenvalue weighted by Crippen LogP contribution is 2.43. The lowest BCUT2D eigenvalue weighted by molar-refractivity contribution is -0.128. The van der Waals surface area contributed by atoms with Crippen molar-refractivity contribution >= 4 is 17.4 Å². The Hall–Kier alpha value is -1.40. The van der Waals surface area contributed by atoms with Gasteiger partial charge in [0.25, 0.3) is 0 Å². The van der Waals surface area contributed by atoms with Gasteiger partial charge in [0.05, 0.1) is 11.1 Å². The van der Waals surface area contributed by atoms with E-state index in [1.165, 1.54) is 12.1 Å². The molecule has 112 valence electrons. The van der Waals surface area contributed by atoms with Crippen molar-refractivity contribution in [2.75, 3.05) is 0 Å². The van der Waals surface area contributed by atoms with Crippen LogP contribution in [-0.4, -0.2) is 5.78 Å². The molecule has 0 saturated heterocycles. The lowest BCUT2D eigenvalue weighted by Crippen LogP contribution is -2.36. The summed E-state index contributed by atoms with van der Waals surface area (Å²) in [6, 6.07) is 6.44. The van der Waals surface area contributed by atoms with Gasteiger partial charge in [-0.2, -0.15) is 5.26 Å². The first kappa shape index (κ1) is 16.0. The molecule has 2 rings (SSSR count). The molecule has 0 aliphatic heterocycles. The molecule has 0 heterocycles. The number of nitriles is 1. The third kappa shape index (κ3) is 3.11. The smallest absolute Gasteiger partial charge is 0.158 e. The van der Waals surface area contributed by atoms with Crippen LogP contribution in [0.25, 0.3) is 0 Å². The Morgan fingerprint density at radius 2 is 2.19 bits per heavy atom. The Morgan fingerprint density at radius 3 is 2.81 bits per heavy atom. The standard InChI is InChI=1S/C17H19ClFNO/c1-17(2)9-4-3-7-13(17)16(21)12(10-20)11-6-5-8-14(18)15(11)19/h5-6,8,12-13H,3-4,7,9H2,1-2H3. The average molecular weight is 308 g/mol. The number of hydrogen-bond donors (Lipinski definition) is 0. The third-order valence-corrected chi connectivity index (χ3v) is 4.85. The van der Waals surface area contributed by atoms with Gasteiger partial charge >= 0.3 is 0 Å². The number of carbonyl (C=O) groups excluding carboxylic acids is 1. The van der Waals surface area contributed by atoms with E-state index < -0.39 is 11.7 Å². The lowest BCUT2D eigenvalue weighted by Gasteiger charge is -2.38. The van der Waals surface area contributed by atoms with E-state index in [2.05, 4.69) is 13.8 Å². The Labute approximate surface area is 129 Å². The van der Waals surface area contributed by atoms with E-state index in [0.717, 1.165) is 25.7 Å². The van der Waals surface area contributed by atoms with Crippen molar-refractivity contribution in [2.24, 2.45) is 11.3 Å². The minimum Gasteiger partial charge on any atom is -0.298 e. The normalized spacial score (nSPS) is 22.3. The number of ketones is 1. The first-order valence-electron chi connectivity index (χ1n) is 7.25. The Kier molecular flexibility index (Phi) is 4.68. The fourth-order valence-electron chi connectivity index (χ4n) is 3.25. The van der Waals surface area contributed by atoms with Crippen LogP contribution in [0.5, 0.6) is 0 Å². The van der Waals surface area contributed by atoms with E-state index >= 15 is 0 Å². The van der Waals surface area contributed by atoms with E-state index in [-0.39, 0.29) is 27.7 Å². The van der Waals surface area contributed by atoms with Crippen LogP contribution in [0.1, 0.15) is 51.0 Å². The molecule has 1 saturated carbocycles. The first-order chi connectivity index (χ1) is 9.88. The Morgan fingerprint density at radius 1 is 1.48 bits per heavy atom. The molecule has 0 N–H and O–H groups in total. The van der Waals surface area contributed by atoms with Gasteiger partial charge in [0.15, 0.2) is 5.78 Å². The van der Waals surface area contributed by atoms with Gasteiger partial charge in [-0.15, -0.1) is 0 Å². The van der Waals surface area contributed by atoms with Crippen molar-refractivity contribution in [3.05, 3.63) is 34.6 Å².